The Morgan fingerprint density at radius 1 is 0.897 bits per heavy atom. The molecule has 0 bridgehead atoms. The molecule has 0 saturated carbocycles. The van der Waals surface area contributed by atoms with Crippen LogP contribution in [0.25, 0.3) is 0 Å². The number of carbonyl (C=O) groups is 2. The number of aryl methyl sites for hydroxylation is 2. The zero-order valence-electron chi connectivity index (χ0n) is 16.6. The lowest BCUT2D eigenvalue weighted by Gasteiger charge is -2.19. The number of amides is 1. The number of Topliss-reactive ketones (excluding diaryl/α,β-unsaturated/α-hetero) is 1. The van der Waals surface area contributed by atoms with Crippen LogP contribution in [0.4, 0.5) is 4.39 Å². The maximum Gasteiger partial charge on any atom is 0.252 e. The van der Waals surface area contributed by atoms with Gasteiger partial charge in [-0.25, -0.2) is 4.39 Å². The summed E-state index contributed by atoms with van der Waals surface area (Å²) >= 11 is 0. The van der Waals surface area contributed by atoms with E-state index < -0.39 is 6.04 Å². The predicted octanol–water partition coefficient (Wildman–Crippen LogP) is 4.60. The SMILES string of the molecule is Cc1ccc(F)cc1CC(=O)C(Cc1ccccc1)NC(=O)c1ccccc1C. The minimum absolute atomic E-state index is 0.0646. The van der Waals surface area contributed by atoms with E-state index in [9.17, 15) is 14.0 Å². The molecule has 3 nitrogen and oxygen atoms in total. The van der Waals surface area contributed by atoms with Crippen LogP contribution in [0.1, 0.15) is 32.6 Å². The summed E-state index contributed by atoms with van der Waals surface area (Å²) < 4.78 is 13.6. The van der Waals surface area contributed by atoms with Crippen molar-refractivity contribution in [2.45, 2.75) is 32.7 Å². The Balaban J connectivity index is 1.84. The Kier molecular flexibility index (Phi) is 6.55. The third kappa shape index (κ3) is 5.38. The van der Waals surface area contributed by atoms with Gasteiger partial charge in [-0.1, -0.05) is 54.6 Å². The fourth-order valence-electron chi connectivity index (χ4n) is 3.30. The second kappa shape index (κ2) is 9.28. The molecule has 3 aromatic carbocycles. The predicted molar refractivity (Wildman–Crippen MR) is 112 cm³/mol. The van der Waals surface area contributed by atoms with Crippen LogP contribution >= 0.6 is 0 Å². The molecule has 1 amide bonds. The van der Waals surface area contributed by atoms with E-state index in [1.807, 2.05) is 56.3 Å². The second-order valence-corrected chi connectivity index (χ2v) is 7.24. The van der Waals surface area contributed by atoms with Gasteiger partial charge in [0.25, 0.3) is 5.91 Å². The van der Waals surface area contributed by atoms with Crippen LogP contribution in [0.5, 0.6) is 0 Å². The lowest BCUT2D eigenvalue weighted by Crippen LogP contribution is -2.43. The van der Waals surface area contributed by atoms with E-state index in [1.165, 1.54) is 12.1 Å². The van der Waals surface area contributed by atoms with Crippen molar-refractivity contribution in [1.82, 2.24) is 5.32 Å². The molecule has 0 saturated heterocycles. The minimum Gasteiger partial charge on any atom is -0.342 e. The molecular formula is C25H24FNO2. The molecule has 1 atom stereocenters. The van der Waals surface area contributed by atoms with E-state index >= 15 is 0 Å². The monoisotopic (exact) mass is 389 g/mol. The zero-order chi connectivity index (χ0) is 20.8. The molecule has 0 fully saturated rings. The summed E-state index contributed by atoms with van der Waals surface area (Å²) in [7, 11) is 0. The molecule has 3 rings (SSSR count). The van der Waals surface area contributed by atoms with E-state index in [-0.39, 0.29) is 23.9 Å². The summed E-state index contributed by atoms with van der Waals surface area (Å²) in [4.78, 5) is 25.9. The molecule has 0 aliphatic rings. The van der Waals surface area contributed by atoms with Crippen LogP contribution < -0.4 is 5.32 Å². The molecule has 148 valence electrons. The number of rotatable bonds is 7. The standard InChI is InChI=1S/C25H24FNO2/c1-17-12-13-21(26)15-20(17)16-24(28)23(14-19-9-4-3-5-10-19)27-25(29)22-11-7-6-8-18(22)2/h3-13,15,23H,14,16H2,1-2H3,(H,27,29). The molecule has 0 radical (unpaired) electrons. The van der Waals surface area contributed by atoms with E-state index in [4.69, 9.17) is 0 Å². The quantitative estimate of drug-likeness (QED) is 0.642. The van der Waals surface area contributed by atoms with E-state index in [2.05, 4.69) is 5.32 Å². The molecule has 29 heavy (non-hydrogen) atoms. The number of ketones is 1. The minimum atomic E-state index is -0.702. The molecule has 0 aliphatic heterocycles. The van der Waals surface area contributed by atoms with Crippen molar-refractivity contribution in [2.24, 2.45) is 0 Å². The third-order valence-electron chi connectivity index (χ3n) is 5.04. The molecule has 4 heteroatoms. The first kappa shape index (κ1) is 20.5. The first-order valence-electron chi connectivity index (χ1n) is 9.62. The van der Waals surface area contributed by atoms with Gasteiger partial charge in [0.15, 0.2) is 5.78 Å². The van der Waals surface area contributed by atoms with Gasteiger partial charge in [0.1, 0.15) is 5.82 Å². The first-order valence-corrected chi connectivity index (χ1v) is 9.62. The highest BCUT2D eigenvalue weighted by Gasteiger charge is 2.23. The number of hydrogen-bond donors (Lipinski definition) is 1. The fourth-order valence-corrected chi connectivity index (χ4v) is 3.30. The molecule has 1 unspecified atom stereocenters. The number of nitrogens with one attached hydrogen (secondary N) is 1. The van der Waals surface area contributed by atoms with Gasteiger partial charge in [-0.3, -0.25) is 9.59 Å². The Bertz CT molecular complexity index is 1010. The molecule has 0 aromatic heterocycles. The molecular weight excluding hydrogens is 365 g/mol. The average Bonchev–Trinajstić information content (AvgIpc) is 2.71. The smallest absolute Gasteiger partial charge is 0.252 e. The summed E-state index contributed by atoms with van der Waals surface area (Å²) in [5, 5.41) is 2.89. The van der Waals surface area contributed by atoms with E-state index in [0.29, 0.717) is 17.5 Å². The zero-order valence-corrected chi connectivity index (χ0v) is 16.6. The first-order chi connectivity index (χ1) is 13.9. The van der Waals surface area contributed by atoms with E-state index in [0.717, 1.165) is 16.7 Å². The van der Waals surface area contributed by atoms with Gasteiger partial charge in [0.05, 0.1) is 6.04 Å². The average molecular weight is 389 g/mol. The van der Waals surface area contributed by atoms with Crippen molar-refractivity contribution in [3.05, 3.63) is 106 Å². The Hall–Kier alpha value is -3.27. The number of benzene rings is 3. The Morgan fingerprint density at radius 3 is 2.31 bits per heavy atom. The Labute approximate surface area is 170 Å². The molecule has 3 aromatic rings. The normalized spacial score (nSPS) is 11.7. The van der Waals surface area contributed by atoms with Crippen molar-refractivity contribution >= 4 is 11.7 Å². The summed E-state index contributed by atoms with van der Waals surface area (Å²) in [5.41, 5.74) is 3.82. The van der Waals surface area contributed by atoms with Gasteiger partial charge in [-0.2, -0.15) is 0 Å². The van der Waals surface area contributed by atoms with Gasteiger partial charge in [-0.05, 0) is 60.7 Å². The fraction of sp³-hybridized carbons (Fsp3) is 0.200. The molecule has 0 aliphatic carbocycles. The lowest BCUT2D eigenvalue weighted by atomic mass is 9.95. The van der Waals surface area contributed by atoms with Crippen LogP contribution in [0, 0.1) is 19.7 Å². The number of halogens is 1. The van der Waals surface area contributed by atoms with Crippen LogP contribution in [0.3, 0.4) is 0 Å². The van der Waals surface area contributed by atoms with Gasteiger partial charge >= 0.3 is 0 Å². The van der Waals surface area contributed by atoms with Crippen LogP contribution in [0.2, 0.25) is 0 Å². The van der Waals surface area contributed by atoms with Gasteiger partial charge in [-0.15, -0.1) is 0 Å². The van der Waals surface area contributed by atoms with E-state index in [1.54, 1.807) is 18.2 Å². The van der Waals surface area contributed by atoms with Gasteiger partial charge in [0.2, 0.25) is 0 Å². The van der Waals surface area contributed by atoms with Gasteiger partial charge in [0, 0.05) is 12.0 Å². The molecule has 0 heterocycles. The highest BCUT2D eigenvalue weighted by atomic mass is 19.1. The summed E-state index contributed by atoms with van der Waals surface area (Å²) in [6, 6.07) is 20.5. The van der Waals surface area contributed by atoms with Crippen molar-refractivity contribution in [3.63, 3.8) is 0 Å². The largest absolute Gasteiger partial charge is 0.342 e. The second-order valence-electron chi connectivity index (χ2n) is 7.24. The molecule has 1 N–H and O–H groups in total. The maximum absolute atomic E-state index is 13.6. The topological polar surface area (TPSA) is 46.2 Å². The van der Waals surface area contributed by atoms with Crippen molar-refractivity contribution < 1.29 is 14.0 Å². The Morgan fingerprint density at radius 2 is 1.59 bits per heavy atom. The highest BCUT2D eigenvalue weighted by molar-refractivity contribution is 5.99. The van der Waals surface area contributed by atoms with Crippen molar-refractivity contribution in [1.29, 1.82) is 0 Å². The van der Waals surface area contributed by atoms with Crippen LogP contribution in [-0.4, -0.2) is 17.7 Å². The van der Waals surface area contributed by atoms with Crippen molar-refractivity contribution in [2.75, 3.05) is 0 Å². The lowest BCUT2D eigenvalue weighted by molar-refractivity contribution is -0.120. The number of carbonyl (C=O) groups excluding carboxylic acids is 2. The summed E-state index contributed by atoms with van der Waals surface area (Å²) in [6.45, 7) is 3.71. The summed E-state index contributed by atoms with van der Waals surface area (Å²) in [5.74, 6) is -0.806. The van der Waals surface area contributed by atoms with Crippen molar-refractivity contribution in [3.8, 4) is 0 Å². The maximum atomic E-state index is 13.6. The third-order valence-corrected chi connectivity index (χ3v) is 5.04. The number of hydrogen-bond acceptors (Lipinski definition) is 2. The highest BCUT2D eigenvalue weighted by Crippen LogP contribution is 2.15. The molecule has 0 spiro atoms. The van der Waals surface area contributed by atoms with Crippen LogP contribution in [-0.2, 0) is 17.6 Å². The van der Waals surface area contributed by atoms with Crippen LogP contribution in [0.15, 0.2) is 72.8 Å². The summed E-state index contributed by atoms with van der Waals surface area (Å²) in [6.07, 6.45) is 0.445. The van der Waals surface area contributed by atoms with Gasteiger partial charge < -0.3 is 5.32 Å².